The van der Waals surface area contributed by atoms with E-state index >= 15 is 0 Å². The van der Waals surface area contributed by atoms with Crippen LogP contribution in [0.2, 0.25) is 0 Å². The molecule has 2 rings (SSSR count). The van der Waals surface area contributed by atoms with E-state index in [1.54, 1.807) is 24.2 Å². The molecule has 1 aliphatic heterocycles. The van der Waals surface area contributed by atoms with Gasteiger partial charge in [-0.05, 0) is 12.1 Å². The number of nitro groups is 1. The number of rotatable bonds is 2. The molecule has 0 spiro atoms. The van der Waals surface area contributed by atoms with Crippen LogP contribution in [0.5, 0.6) is 0 Å². The minimum Gasteiger partial charge on any atom is -0.384 e. The molecule has 78 valence electrons. The molecule has 6 heteroatoms. The van der Waals surface area contributed by atoms with Gasteiger partial charge in [-0.25, -0.2) is 4.99 Å². The van der Waals surface area contributed by atoms with E-state index in [-0.39, 0.29) is 5.69 Å². The molecule has 1 heterocycles. The van der Waals surface area contributed by atoms with Gasteiger partial charge in [0.2, 0.25) is 5.90 Å². The molecule has 0 saturated carbocycles. The zero-order valence-corrected chi connectivity index (χ0v) is 8.08. The Morgan fingerprint density at radius 1 is 1.47 bits per heavy atom. The van der Waals surface area contributed by atoms with Crippen LogP contribution < -0.4 is 0 Å². The van der Waals surface area contributed by atoms with Crippen LogP contribution in [0.15, 0.2) is 29.3 Å². The lowest BCUT2D eigenvalue weighted by atomic mass is 10.2. The van der Waals surface area contributed by atoms with Gasteiger partial charge in [0, 0.05) is 24.7 Å². The van der Waals surface area contributed by atoms with Gasteiger partial charge in [-0.2, -0.15) is 0 Å². The minimum absolute atomic E-state index is 0.0608. The number of aliphatic imine (C=N–C) groups is 1. The van der Waals surface area contributed by atoms with Crippen molar-refractivity contribution in [1.29, 1.82) is 0 Å². The summed E-state index contributed by atoms with van der Waals surface area (Å²) in [4.78, 5) is 19.4. The van der Waals surface area contributed by atoms with Crippen molar-refractivity contribution in [1.82, 2.24) is 5.06 Å². The molecule has 0 aliphatic carbocycles. The molecule has 0 N–H and O–H groups in total. The predicted octanol–water partition coefficient (Wildman–Crippen LogP) is 1.18. The third kappa shape index (κ3) is 1.94. The molecular formula is C9H9N3O3. The Morgan fingerprint density at radius 3 is 2.60 bits per heavy atom. The topological polar surface area (TPSA) is 68.0 Å². The normalized spacial score (nSPS) is 15.9. The molecule has 0 atom stereocenters. The van der Waals surface area contributed by atoms with Crippen LogP contribution in [0.1, 0.15) is 5.56 Å². The summed E-state index contributed by atoms with van der Waals surface area (Å²) in [6, 6.07) is 6.10. The highest BCUT2D eigenvalue weighted by Crippen LogP contribution is 2.15. The number of non-ortho nitro benzene ring substituents is 1. The van der Waals surface area contributed by atoms with Crippen molar-refractivity contribution in [2.45, 2.75) is 0 Å². The molecule has 1 aliphatic rings. The van der Waals surface area contributed by atoms with Crippen LogP contribution in [-0.2, 0) is 4.84 Å². The second kappa shape index (κ2) is 3.66. The predicted molar refractivity (Wildman–Crippen MR) is 53.3 cm³/mol. The first-order valence-electron chi connectivity index (χ1n) is 4.35. The summed E-state index contributed by atoms with van der Waals surface area (Å²) in [6.07, 6.45) is 0. The average molecular weight is 207 g/mol. The molecule has 0 aromatic heterocycles. The third-order valence-corrected chi connectivity index (χ3v) is 1.98. The first-order valence-corrected chi connectivity index (χ1v) is 4.35. The number of hydrogen-bond acceptors (Lipinski definition) is 5. The lowest BCUT2D eigenvalue weighted by molar-refractivity contribution is -0.384. The van der Waals surface area contributed by atoms with Crippen LogP contribution in [0.3, 0.4) is 0 Å². The molecule has 0 radical (unpaired) electrons. The number of benzene rings is 1. The van der Waals surface area contributed by atoms with Crippen LogP contribution in [0.4, 0.5) is 5.69 Å². The molecule has 0 bridgehead atoms. The van der Waals surface area contributed by atoms with Crippen molar-refractivity contribution in [3.63, 3.8) is 0 Å². The van der Waals surface area contributed by atoms with E-state index in [4.69, 9.17) is 4.84 Å². The Morgan fingerprint density at radius 2 is 2.13 bits per heavy atom. The summed E-state index contributed by atoms with van der Waals surface area (Å²) in [5.74, 6) is 0.493. The third-order valence-electron chi connectivity index (χ3n) is 1.98. The first-order chi connectivity index (χ1) is 7.16. The molecule has 6 nitrogen and oxygen atoms in total. The van der Waals surface area contributed by atoms with Gasteiger partial charge in [-0.1, -0.05) is 0 Å². The number of hydroxylamine groups is 2. The van der Waals surface area contributed by atoms with Gasteiger partial charge in [0.25, 0.3) is 5.69 Å². The summed E-state index contributed by atoms with van der Waals surface area (Å²) in [5.41, 5.74) is 0.802. The van der Waals surface area contributed by atoms with Gasteiger partial charge < -0.3 is 4.84 Å². The van der Waals surface area contributed by atoms with Crippen LogP contribution >= 0.6 is 0 Å². The molecule has 0 saturated heterocycles. The van der Waals surface area contributed by atoms with Gasteiger partial charge in [-0.15, -0.1) is 5.06 Å². The Bertz CT molecular complexity index is 413. The van der Waals surface area contributed by atoms with E-state index in [9.17, 15) is 10.1 Å². The van der Waals surface area contributed by atoms with Gasteiger partial charge in [0.15, 0.2) is 0 Å². The van der Waals surface area contributed by atoms with Crippen molar-refractivity contribution in [3.05, 3.63) is 39.9 Å². The van der Waals surface area contributed by atoms with E-state index in [0.29, 0.717) is 12.6 Å². The smallest absolute Gasteiger partial charge is 0.269 e. The van der Waals surface area contributed by atoms with E-state index < -0.39 is 4.92 Å². The lowest BCUT2D eigenvalue weighted by Crippen LogP contribution is -2.14. The summed E-state index contributed by atoms with van der Waals surface area (Å²) in [5, 5.41) is 12.0. The quantitative estimate of drug-likeness (QED) is 0.539. The Balaban J connectivity index is 2.21. The van der Waals surface area contributed by atoms with Crippen molar-refractivity contribution >= 4 is 11.6 Å². The molecule has 15 heavy (non-hydrogen) atoms. The van der Waals surface area contributed by atoms with Crippen molar-refractivity contribution in [3.8, 4) is 0 Å². The van der Waals surface area contributed by atoms with Gasteiger partial charge >= 0.3 is 0 Å². The Hall–Kier alpha value is -1.95. The SMILES string of the molecule is CN1CN=C(c2ccc([N+](=O)[O-])cc2)O1. The minimum atomic E-state index is -0.437. The highest BCUT2D eigenvalue weighted by atomic mass is 16.7. The molecule has 1 aromatic rings. The summed E-state index contributed by atoms with van der Waals surface area (Å²) < 4.78 is 0. The van der Waals surface area contributed by atoms with Crippen molar-refractivity contribution in [2.24, 2.45) is 4.99 Å². The summed E-state index contributed by atoms with van der Waals surface area (Å²) >= 11 is 0. The van der Waals surface area contributed by atoms with Crippen LogP contribution in [0, 0.1) is 10.1 Å². The van der Waals surface area contributed by atoms with E-state index in [1.807, 2.05) is 0 Å². The van der Waals surface area contributed by atoms with Gasteiger partial charge in [0.1, 0.15) is 6.67 Å². The maximum absolute atomic E-state index is 10.4. The maximum Gasteiger partial charge on any atom is 0.269 e. The molecule has 0 fully saturated rings. The molecule has 0 unspecified atom stereocenters. The van der Waals surface area contributed by atoms with E-state index in [1.165, 1.54) is 12.1 Å². The Labute approximate surface area is 85.9 Å². The van der Waals surface area contributed by atoms with Crippen LogP contribution in [-0.4, -0.2) is 29.6 Å². The zero-order valence-electron chi connectivity index (χ0n) is 8.08. The standard InChI is InChI=1S/C9H9N3O3/c1-11-6-10-9(15-11)7-2-4-8(5-3-7)12(13)14/h2-5H,6H2,1H3. The number of hydrogen-bond donors (Lipinski definition) is 0. The first kappa shape index (κ1) is 9.60. The van der Waals surface area contributed by atoms with E-state index in [2.05, 4.69) is 4.99 Å². The summed E-state index contributed by atoms with van der Waals surface area (Å²) in [6.45, 7) is 0.478. The number of nitro benzene ring substituents is 1. The summed E-state index contributed by atoms with van der Waals surface area (Å²) in [7, 11) is 1.77. The van der Waals surface area contributed by atoms with E-state index in [0.717, 1.165) is 5.56 Å². The number of nitrogens with zero attached hydrogens (tertiary/aromatic N) is 3. The average Bonchev–Trinajstić information content (AvgIpc) is 2.65. The fourth-order valence-corrected chi connectivity index (χ4v) is 1.24. The molecule has 1 aromatic carbocycles. The maximum atomic E-state index is 10.4. The highest BCUT2D eigenvalue weighted by Gasteiger charge is 2.16. The largest absolute Gasteiger partial charge is 0.384 e. The lowest BCUT2D eigenvalue weighted by Gasteiger charge is -2.06. The van der Waals surface area contributed by atoms with Gasteiger partial charge in [-0.3, -0.25) is 10.1 Å². The highest BCUT2D eigenvalue weighted by molar-refractivity contribution is 5.94. The molecule has 0 amide bonds. The fraction of sp³-hybridized carbons (Fsp3) is 0.222. The Kier molecular flexibility index (Phi) is 2.34. The second-order valence-electron chi connectivity index (χ2n) is 3.13. The van der Waals surface area contributed by atoms with Gasteiger partial charge in [0.05, 0.1) is 4.92 Å². The van der Waals surface area contributed by atoms with Crippen molar-refractivity contribution < 1.29 is 9.76 Å². The monoisotopic (exact) mass is 207 g/mol. The van der Waals surface area contributed by atoms with Crippen LogP contribution in [0.25, 0.3) is 0 Å². The van der Waals surface area contributed by atoms with Crippen molar-refractivity contribution in [2.75, 3.05) is 13.7 Å². The molecular weight excluding hydrogens is 198 g/mol. The fourth-order valence-electron chi connectivity index (χ4n) is 1.24. The second-order valence-corrected chi connectivity index (χ2v) is 3.13. The zero-order chi connectivity index (χ0) is 10.8.